The molecule has 0 bridgehead atoms. The van der Waals surface area contributed by atoms with Gasteiger partial charge in [0.25, 0.3) is 5.91 Å². The number of hydrogen-bond acceptors (Lipinski definition) is 3. The van der Waals surface area contributed by atoms with Crippen molar-refractivity contribution in [2.24, 2.45) is 0 Å². The molecule has 2 rings (SSSR count). The van der Waals surface area contributed by atoms with Gasteiger partial charge < -0.3 is 10.4 Å². The second-order valence-corrected chi connectivity index (χ2v) is 6.22. The fourth-order valence-corrected chi connectivity index (χ4v) is 3.34. The van der Waals surface area contributed by atoms with Crippen molar-refractivity contribution in [3.05, 3.63) is 34.7 Å². The van der Waals surface area contributed by atoms with Crippen molar-refractivity contribution in [2.45, 2.75) is 39.2 Å². The smallest absolute Gasteiger partial charge is 0.261 e. The summed E-state index contributed by atoms with van der Waals surface area (Å²) in [6, 6.07) is 8.02. The molecule has 0 atom stereocenters. The van der Waals surface area contributed by atoms with Crippen LogP contribution in [0.3, 0.4) is 0 Å². The fourth-order valence-electron chi connectivity index (χ4n) is 2.22. The number of rotatable bonds is 5. The van der Waals surface area contributed by atoms with Crippen molar-refractivity contribution >= 4 is 27.3 Å². The summed E-state index contributed by atoms with van der Waals surface area (Å²) in [4.78, 5) is 13.0. The third-order valence-corrected chi connectivity index (χ3v) is 5.22. The van der Waals surface area contributed by atoms with Crippen LogP contribution in [0.15, 0.2) is 24.3 Å². The Kier molecular flexibility index (Phi) is 4.45. The number of fused-ring (bicyclic) bond motifs is 1. The van der Waals surface area contributed by atoms with E-state index in [0.29, 0.717) is 19.4 Å². The van der Waals surface area contributed by atoms with Crippen molar-refractivity contribution in [2.75, 3.05) is 6.54 Å². The highest BCUT2D eigenvalue weighted by Crippen LogP contribution is 2.30. The second-order valence-electron chi connectivity index (χ2n) is 5.17. The van der Waals surface area contributed by atoms with Gasteiger partial charge in [-0.25, -0.2) is 0 Å². The lowest BCUT2D eigenvalue weighted by atomic mass is 9.97. The Morgan fingerprint density at radius 2 is 1.95 bits per heavy atom. The lowest BCUT2D eigenvalue weighted by molar-refractivity contribution is 0.0314. The van der Waals surface area contributed by atoms with Crippen molar-refractivity contribution in [1.82, 2.24) is 5.32 Å². The van der Waals surface area contributed by atoms with Crippen LogP contribution in [0.5, 0.6) is 0 Å². The number of aryl methyl sites for hydroxylation is 1. The zero-order chi connectivity index (χ0) is 14.8. The summed E-state index contributed by atoms with van der Waals surface area (Å²) in [5.74, 6) is -0.0935. The van der Waals surface area contributed by atoms with E-state index in [9.17, 15) is 9.90 Å². The Morgan fingerprint density at radius 3 is 2.55 bits per heavy atom. The van der Waals surface area contributed by atoms with Gasteiger partial charge in [-0.1, -0.05) is 32.0 Å². The maximum atomic E-state index is 12.3. The minimum Gasteiger partial charge on any atom is -0.388 e. The van der Waals surface area contributed by atoms with Gasteiger partial charge in [-0.2, -0.15) is 0 Å². The number of aliphatic hydroxyl groups is 1. The summed E-state index contributed by atoms with van der Waals surface area (Å²) in [5.41, 5.74) is 0.208. The first-order valence-electron chi connectivity index (χ1n) is 6.99. The normalized spacial score (nSPS) is 11.8. The van der Waals surface area contributed by atoms with E-state index in [1.165, 1.54) is 11.3 Å². The molecule has 3 nitrogen and oxygen atoms in total. The number of benzene rings is 1. The molecule has 1 aromatic heterocycles. The van der Waals surface area contributed by atoms with E-state index in [2.05, 4.69) is 5.32 Å². The highest BCUT2D eigenvalue weighted by molar-refractivity contribution is 7.21. The van der Waals surface area contributed by atoms with Gasteiger partial charge in [-0.05, 0) is 36.8 Å². The molecule has 0 spiro atoms. The first kappa shape index (κ1) is 15.0. The summed E-state index contributed by atoms with van der Waals surface area (Å²) in [7, 11) is 0. The molecule has 0 aliphatic carbocycles. The molecular formula is C16H21NO2S. The predicted octanol–water partition coefficient (Wildman–Crippen LogP) is 3.49. The molecule has 0 saturated carbocycles. The van der Waals surface area contributed by atoms with Gasteiger partial charge in [0.15, 0.2) is 0 Å². The third kappa shape index (κ3) is 2.86. The van der Waals surface area contributed by atoms with Gasteiger partial charge >= 0.3 is 0 Å². The molecule has 0 aliphatic heterocycles. The van der Waals surface area contributed by atoms with Gasteiger partial charge in [0.2, 0.25) is 0 Å². The number of thiophene rings is 1. The van der Waals surface area contributed by atoms with Gasteiger partial charge in [-0.3, -0.25) is 4.79 Å². The summed E-state index contributed by atoms with van der Waals surface area (Å²) < 4.78 is 1.12. The van der Waals surface area contributed by atoms with Crippen LogP contribution in [0.4, 0.5) is 0 Å². The molecule has 108 valence electrons. The molecule has 20 heavy (non-hydrogen) atoms. The zero-order valence-electron chi connectivity index (χ0n) is 12.2. The van der Waals surface area contributed by atoms with E-state index in [1.807, 2.05) is 45.0 Å². The van der Waals surface area contributed by atoms with E-state index in [4.69, 9.17) is 0 Å². The van der Waals surface area contributed by atoms with Crippen molar-refractivity contribution in [3.63, 3.8) is 0 Å². The predicted molar refractivity (Wildman–Crippen MR) is 84.4 cm³/mol. The molecular weight excluding hydrogens is 270 g/mol. The summed E-state index contributed by atoms with van der Waals surface area (Å²) in [6.07, 6.45) is 1.27. The largest absolute Gasteiger partial charge is 0.388 e. The third-order valence-electron chi connectivity index (χ3n) is 3.94. The standard InChI is InChI=1S/C16H21NO2S/c1-4-16(19,5-2)10-17-15(18)14-11(3)12-8-6-7-9-13(12)20-14/h6-9,19H,4-5,10H2,1-3H3,(H,17,18). The van der Waals surface area contributed by atoms with E-state index >= 15 is 0 Å². The van der Waals surface area contributed by atoms with Gasteiger partial charge in [0, 0.05) is 11.2 Å². The van der Waals surface area contributed by atoms with E-state index in [0.717, 1.165) is 20.5 Å². The quantitative estimate of drug-likeness (QED) is 0.886. The van der Waals surface area contributed by atoms with Crippen LogP contribution in [0, 0.1) is 6.92 Å². The first-order chi connectivity index (χ1) is 9.50. The molecule has 1 aromatic carbocycles. The van der Waals surface area contributed by atoms with Crippen LogP contribution in [0.2, 0.25) is 0 Å². The molecule has 0 radical (unpaired) electrons. The van der Waals surface area contributed by atoms with Crippen molar-refractivity contribution < 1.29 is 9.90 Å². The van der Waals surface area contributed by atoms with Crippen molar-refractivity contribution in [1.29, 1.82) is 0 Å². The van der Waals surface area contributed by atoms with Crippen LogP contribution in [0.1, 0.15) is 41.9 Å². The monoisotopic (exact) mass is 291 g/mol. The Bertz CT molecular complexity index is 614. The number of amides is 1. The number of carbonyl (C=O) groups excluding carboxylic acids is 1. The van der Waals surface area contributed by atoms with E-state index in [-0.39, 0.29) is 5.91 Å². The van der Waals surface area contributed by atoms with Crippen LogP contribution in [0.25, 0.3) is 10.1 Å². The maximum Gasteiger partial charge on any atom is 0.261 e. The Hall–Kier alpha value is -1.39. The topological polar surface area (TPSA) is 49.3 Å². The van der Waals surface area contributed by atoms with Gasteiger partial charge in [0.05, 0.1) is 10.5 Å². The molecule has 1 amide bonds. The maximum absolute atomic E-state index is 12.3. The lowest BCUT2D eigenvalue weighted by Gasteiger charge is -2.25. The minimum atomic E-state index is -0.805. The first-order valence-corrected chi connectivity index (χ1v) is 7.81. The summed E-state index contributed by atoms with van der Waals surface area (Å²) in [5, 5.41) is 14.2. The van der Waals surface area contributed by atoms with Gasteiger partial charge in [0.1, 0.15) is 0 Å². The second kappa shape index (κ2) is 5.94. The number of carbonyl (C=O) groups is 1. The van der Waals surface area contributed by atoms with Crippen LogP contribution in [-0.2, 0) is 0 Å². The highest BCUT2D eigenvalue weighted by Gasteiger charge is 2.24. The Balaban J connectivity index is 2.18. The average Bonchev–Trinajstić information content (AvgIpc) is 2.82. The van der Waals surface area contributed by atoms with Crippen LogP contribution in [-0.4, -0.2) is 23.2 Å². The SMILES string of the molecule is CCC(O)(CC)CNC(=O)c1sc2ccccc2c1C. The lowest BCUT2D eigenvalue weighted by Crippen LogP contribution is -2.41. The average molecular weight is 291 g/mol. The molecule has 4 heteroatoms. The Morgan fingerprint density at radius 1 is 1.30 bits per heavy atom. The molecule has 1 heterocycles. The van der Waals surface area contributed by atoms with E-state index < -0.39 is 5.60 Å². The fraction of sp³-hybridized carbons (Fsp3) is 0.438. The summed E-state index contributed by atoms with van der Waals surface area (Å²) >= 11 is 1.50. The molecule has 0 aliphatic rings. The molecule has 2 N–H and O–H groups in total. The van der Waals surface area contributed by atoms with Crippen LogP contribution < -0.4 is 5.32 Å². The van der Waals surface area contributed by atoms with Gasteiger partial charge in [-0.15, -0.1) is 11.3 Å². The molecule has 0 fully saturated rings. The zero-order valence-corrected chi connectivity index (χ0v) is 13.0. The molecule has 0 saturated heterocycles. The minimum absolute atomic E-state index is 0.0935. The van der Waals surface area contributed by atoms with Crippen molar-refractivity contribution in [3.8, 4) is 0 Å². The molecule has 2 aromatic rings. The number of hydrogen-bond donors (Lipinski definition) is 2. The van der Waals surface area contributed by atoms with Crippen LogP contribution >= 0.6 is 11.3 Å². The summed E-state index contributed by atoms with van der Waals surface area (Å²) in [6.45, 7) is 6.13. The molecule has 0 unspecified atom stereocenters. The van der Waals surface area contributed by atoms with E-state index in [1.54, 1.807) is 0 Å². The number of nitrogens with one attached hydrogen (secondary N) is 1. The highest BCUT2D eigenvalue weighted by atomic mass is 32.1. The Labute approximate surface area is 123 Å².